The van der Waals surface area contributed by atoms with Crippen molar-refractivity contribution in [1.29, 1.82) is 0 Å². The summed E-state index contributed by atoms with van der Waals surface area (Å²) in [6, 6.07) is 17.5. The van der Waals surface area contributed by atoms with Crippen LogP contribution in [0.3, 0.4) is 0 Å². The molecule has 65 valence electrons. The molecule has 1 heterocycles. The Morgan fingerprint density at radius 2 is 1.79 bits per heavy atom. The minimum Gasteiger partial charge on any atom is -0.256 e. The third-order valence-electron chi connectivity index (χ3n) is 2.41. The molecule has 1 nitrogen and oxygen atoms in total. The maximum Gasteiger partial charge on any atom is 0.0786 e. The second-order valence-electron chi connectivity index (χ2n) is 3.28. The van der Waals surface area contributed by atoms with Gasteiger partial charge in [-0.25, -0.2) is 0 Å². The van der Waals surface area contributed by atoms with Crippen LogP contribution < -0.4 is 0 Å². The first-order chi connectivity index (χ1) is 6.95. The smallest absolute Gasteiger partial charge is 0.0786 e. The minimum atomic E-state index is 1.03. The van der Waals surface area contributed by atoms with E-state index in [1.54, 1.807) is 0 Å². The number of pyridine rings is 1. The third kappa shape index (κ3) is 0.990. The summed E-state index contributed by atoms with van der Waals surface area (Å²) in [7, 11) is 0. The second kappa shape index (κ2) is 2.81. The van der Waals surface area contributed by atoms with Crippen molar-refractivity contribution in [1.82, 2.24) is 4.98 Å². The van der Waals surface area contributed by atoms with Crippen LogP contribution in [0.4, 0.5) is 0 Å². The second-order valence-corrected chi connectivity index (χ2v) is 3.28. The molecule has 0 amide bonds. The standard InChI is InChI=1S/C13H8N/c1-2-6-12-10(4-1)7-8-11-5-3-9-14-13(11)12/h1-5,7-9H. The van der Waals surface area contributed by atoms with Gasteiger partial charge in [-0.2, -0.15) is 0 Å². The fourth-order valence-corrected chi connectivity index (χ4v) is 1.73. The number of nitrogens with zero attached hydrogens (tertiary/aromatic N) is 1. The van der Waals surface area contributed by atoms with Crippen LogP contribution in [0.1, 0.15) is 0 Å². The molecular weight excluding hydrogens is 170 g/mol. The Bertz CT molecular complexity index is 544. The molecule has 1 heteroatoms. The number of hydrogen-bond acceptors (Lipinski definition) is 1. The molecule has 1 radical (unpaired) electrons. The van der Waals surface area contributed by atoms with E-state index in [1.165, 1.54) is 10.8 Å². The highest BCUT2D eigenvalue weighted by Gasteiger charge is 1.98. The van der Waals surface area contributed by atoms with Gasteiger partial charge in [-0.3, -0.25) is 4.98 Å². The van der Waals surface area contributed by atoms with Crippen molar-refractivity contribution in [3.63, 3.8) is 0 Å². The Morgan fingerprint density at radius 3 is 2.79 bits per heavy atom. The van der Waals surface area contributed by atoms with Gasteiger partial charge < -0.3 is 0 Å². The van der Waals surface area contributed by atoms with E-state index in [-0.39, 0.29) is 0 Å². The highest BCUT2D eigenvalue weighted by atomic mass is 14.6. The lowest BCUT2D eigenvalue weighted by atomic mass is 10.1. The fourth-order valence-electron chi connectivity index (χ4n) is 1.73. The van der Waals surface area contributed by atoms with E-state index in [1.807, 2.05) is 24.4 Å². The van der Waals surface area contributed by atoms with Gasteiger partial charge in [0.2, 0.25) is 0 Å². The summed E-state index contributed by atoms with van der Waals surface area (Å²) < 4.78 is 0. The van der Waals surface area contributed by atoms with Crippen LogP contribution in [0.25, 0.3) is 21.7 Å². The molecule has 3 aromatic rings. The minimum absolute atomic E-state index is 1.03. The van der Waals surface area contributed by atoms with E-state index >= 15 is 0 Å². The zero-order valence-corrected chi connectivity index (χ0v) is 7.57. The Kier molecular flexibility index (Phi) is 1.51. The monoisotopic (exact) mass is 178 g/mol. The van der Waals surface area contributed by atoms with Gasteiger partial charge in [0.15, 0.2) is 0 Å². The van der Waals surface area contributed by atoms with Crippen molar-refractivity contribution in [2.24, 2.45) is 0 Å². The first-order valence-corrected chi connectivity index (χ1v) is 4.59. The summed E-state index contributed by atoms with van der Waals surface area (Å²) in [5.74, 6) is 0. The first kappa shape index (κ1) is 7.51. The van der Waals surface area contributed by atoms with Crippen molar-refractivity contribution in [2.75, 3.05) is 0 Å². The van der Waals surface area contributed by atoms with Crippen molar-refractivity contribution in [3.05, 3.63) is 54.7 Å². The van der Waals surface area contributed by atoms with Crippen molar-refractivity contribution in [3.8, 4) is 0 Å². The molecule has 0 spiro atoms. The van der Waals surface area contributed by atoms with Gasteiger partial charge in [0.25, 0.3) is 0 Å². The van der Waals surface area contributed by atoms with Crippen molar-refractivity contribution in [2.45, 2.75) is 0 Å². The lowest BCUT2D eigenvalue weighted by molar-refractivity contribution is 1.43. The normalized spacial score (nSPS) is 10.9. The molecule has 0 atom stereocenters. The fraction of sp³-hybridized carbons (Fsp3) is 0. The average Bonchev–Trinajstić information content (AvgIpc) is 2.29. The highest BCUT2D eigenvalue weighted by molar-refractivity contribution is 6.04. The van der Waals surface area contributed by atoms with Gasteiger partial charge in [0.1, 0.15) is 0 Å². The average molecular weight is 178 g/mol. The first-order valence-electron chi connectivity index (χ1n) is 4.59. The number of hydrogen-bond donors (Lipinski definition) is 0. The van der Waals surface area contributed by atoms with E-state index in [0.29, 0.717) is 0 Å². The van der Waals surface area contributed by atoms with Crippen molar-refractivity contribution >= 4 is 21.7 Å². The third-order valence-corrected chi connectivity index (χ3v) is 2.41. The summed E-state index contributed by atoms with van der Waals surface area (Å²) in [6.45, 7) is 0. The Labute approximate surface area is 82.0 Å². The number of fused-ring (bicyclic) bond motifs is 3. The summed E-state index contributed by atoms with van der Waals surface area (Å²) in [4.78, 5) is 4.38. The summed E-state index contributed by atoms with van der Waals surface area (Å²) in [5, 5.41) is 3.46. The molecule has 0 bridgehead atoms. The summed E-state index contributed by atoms with van der Waals surface area (Å²) in [6.07, 6.45) is 1.82. The number of aromatic nitrogens is 1. The Morgan fingerprint density at radius 1 is 0.929 bits per heavy atom. The van der Waals surface area contributed by atoms with Gasteiger partial charge >= 0.3 is 0 Å². The van der Waals surface area contributed by atoms with Crippen LogP contribution in [0.2, 0.25) is 0 Å². The maximum absolute atomic E-state index is 4.38. The van der Waals surface area contributed by atoms with E-state index in [0.717, 1.165) is 10.9 Å². The molecule has 0 aliphatic carbocycles. The van der Waals surface area contributed by atoms with Crippen LogP contribution in [0.5, 0.6) is 0 Å². The topological polar surface area (TPSA) is 12.9 Å². The molecule has 0 unspecified atom stereocenters. The van der Waals surface area contributed by atoms with Crippen LogP contribution in [0.15, 0.2) is 48.7 Å². The van der Waals surface area contributed by atoms with Crippen molar-refractivity contribution < 1.29 is 0 Å². The molecule has 3 rings (SSSR count). The molecule has 2 aromatic carbocycles. The molecular formula is C13H8N. The lowest BCUT2D eigenvalue weighted by Crippen LogP contribution is -1.80. The predicted octanol–water partition coefficient (Wildman–Crippen LogP) is 3.19. The van der Waals surface area contributed by atoms with Gasteiger partial charge in [0, 0.05) is 17.0 Å². The van der Waals surface area contributed by atoms with E-state index < -0.39 is 0 Å². The molecule has 0 N–H and O–H groups in total. The van der Waals surface area contributed by atoms with Gasteiger partial charge in [0.05, 0.1) is 5.52 Å². The summed E-state index contributed by atoms with van der Waals surface area (Å²) in [5.41, 5.74) is 1.03. The van der Waals surface area contributed by atoms with E-state index in [9.17, 15) is 0 Å². The largest absolute Gasteiger partial charge is 0.256 e. The number of rotatable bonds is 0. The van der Waals surface area contributed by atoms with Crippen LogP contribution in [-0.2, 0) is 0 Å². The van der Waals surface area contributed by atoms with Gasteiger partial charge in [-0.1, -0.05) is 36.4 Å². The molecule has 0 saturated heterocycles. The summed E-state index contributed by atoms with van der Waals surface area (Å²) >= 11 is 0. The molecule has 14 heavy (non-hydrogen) atoms. The van der Waals surface area contributed by atoms with Crippen LogP contribution in [-0.4, -0.2) is 4.98 Å². The Hall–Kier alpha value is -1.89. The van der Waals surface area contributed by atoms with Crippen LogP contribution >= 0.6 is 0 Å². The maximum atomic E-state index is 4.38. The molecule has 0 saturated carbocycles. The lowest BCUT2D eigenvalue weighted by Gasteiger charge is -2.00. The van der Waals surface area contributed by atoms with E-state index in [2.05, 4.69) is 35.3 Å². The predicted molar refractivity (Wildman–Crippen MR) is 58.1 cm³/mol. The number of benzene rings is 2. The molecule has 0 fully saturated rings. The van der Waals surface area contributed by atoms with Gasteiger partial charge in [-0.05, 0) is 17.5 Å². The molecule has 1 aromatic heterocycles. The van der Waals surface area contributed by atoms with E-state index in [4.69, 9.17) is 0 Å². The SMILES string of the molecule is [c]1cccc2ccc3cccnc3c12. The zero-order chi connectivity index (χ0) is 9.38. The quantitative estimate of drug-likeness (QED) is 0.482. The molecule has 0 aliphatic rings. The zero-order valence-electron chi connectivity index (χ0n) is 7.57. The Balaban J connectivity index is 2.61. The van der Waals surface area contributed by atoms with Gasteiger partial charge in [-0.15, -0.1) is 0 Å². The van der Waals surface area contributed by atoms with Crippen LogP contribution in [0, 0.1) is 6.07 Å². The molecule has 0 aliphatic heterocycles. The highest BCUT2D eigenvalue weighted by Crippen LogP contribution is 2.22.